The lowest BCUT2D eigenvalue weighted by molar-refractivity contribution is 0.261. The number of para-hydroxylation sites is 1. The zero-order valence-electron chi connectivity index (χ0n) is 19.9. The molecule has 9 nitrogen and oxygen atoms in total. The molecule has 0 spiro atoms. The van der Waals surface area contributed by atoms with E-state index in [4.69, 9.17) is 9.72 Å². The van der Waals surface area contributed by atoms with E-state index in [1.165, 1.54) is 0 Å². The average Bonchev–Trinajstić information content (AvgIpc) is 3.53. The van der Waals surface area contributed by atoms with E-state index >= 15 is 0 Å². The molecule has 6 rings (SSSR count). The van der Waals surface area contributed by atoms with Crippen LogP contribution in [0.2, 0.25) is 0 Å². The first-order valence-corrected chi connectivity index (χ1v) is 11.6. The molecule has 0 aliphatic heterocycles. The zero-order valence-corrected chi connectivity index (χ0v) is 19.9. The molecule has 36 heavy (non-hydrogen) atoms. The van der Waals surface area contributed by atoms with E-state index in [1.54, 1.807) is 24.8 Å². The molecule has 0 unspecified atom stereocenters. The third-order valence-electron chi connectivity index (χ3n) is 5.97. The van der Waals surface area contributed by atoms with Crippen molar-refractivity contribution in [1.82, 2.24) is 40.0 Å². The second-order valence-electron chi connectivity index (χ2n) is 8.78. The summed E-state index contributed by atoms with van der Waals surface area (Å²) in [6, 6.07) is 14.0. The van der Waals surface area contributed by atoms with Gasteiger partial charge in [-0.1, -0.05) is 18.2 Å². The van der Waals surface area contributed by atoms with E-state index in [9.17, 15) is 0 Å². The summed E-state index contributed by atoms with van der Waals surface area (Å²) in [5.74, 6) is 1.40. The highest BCUT2D eigenvalue weighted by molar-refractivity contribution is 5.97. The van der Waals surface area contributed by atoms with Crippen LogP contribution in [-0.2, 0) is 0 Å². The molecule has 0 bridgehead atoms. The van der Waals surface area contributed by atoms with Crippen molar-refractivity contribution in [2.45, 2.75) is 0 Å². The van der Waals surface area contributed by atoms with E-state index in [2.05, 4.69) is 41.1 Å². The minimum Gasteiger partial charge on any atom is -0.491 e. The molecule has 0 atom stereocenters. The van der Waals surface area contributed by atoms with Crippen molar-refractivity contribution in [3.05, 3.63) is 73.4 Å². The Bertz CT molecular complexity index is 1660. The van der Waals surface area contributed by atoms with Crippen LogP contribution in [0.25, 0.3) is 55.8 Å². The molecule has 0 aliphatic carbocycles. The lowest BCUT2D eigenvalue weighted by atomic mass is 10.1. The summed E-state index contributed by atoms with van der Waals surface area (Å²) in [7, 11) is 4.03. The molecule has 2 N–H and O–H groups in total. The van der Waals surface area contributed by atoms with Crippen LogP contribution in [0.1, 0.15) is 0 Å². The SMILES string of the molecule is CN(C)CCOc1cncc(-c2cc3c(-c4nc5c(-c6cccnc6)cccc5[nH]4)n[nH]c3cn2)c1. The summed E-state index contributed by atoms with van der Waals surface area (Å²) in [5, 5.41) is 8.55. The number of hydrogen-bond donors (Lipinski definition) is 2. The van der Waals surface area contributed by atoms with Crippen molar-refractivity contribution >= 4 is 21.9 Å². The quantitative estimate of drug-likeness (QED) is 0.348. The van der Waals surface area contributed by atoms with Gasteiger partial charge in [-0.3, -0.25) is 20.1 Å². The van der Waals surface area contributed by atoms with Gasteiger partial charge in [-0.05, 0) is 38.4 Å². The number of benzene rings is 1. The topological polar surface area (TPSA) is 109 Å². The van der Waals surface area contributed by atoms with Crippen molar-refractivity contribution in [2.24, 2.45) is 0 Å². The maximum absolute atomic E-state index is 5.86. The summed E-state index contributed by atoms with van der Waals surface area (Å²) < 4.78 is 5.86. The summed E-state index contributed by atoms with van der Waals surface area (Å²) in [5.41, 5.74) is 7.04. The molecule has 5 heterocycles. The third-order valence-corrected chi connectivity index (χ3v) is 5.97. The number of rotatable bonds is 7. The second-order valence-corrected chi connectivity index (χ2v) is 8.78. The van der Waals surface area contributed by atoms with Crippen LogP contribution in [0.3, 0.4) is 0 Å². The van der Waals surface area contributed by atoms with Crippen molar-refractivity contribution in [3.63, 3.8) is 0 Å². The lowest BCUT2D eigenvalue weighted by Gasteiger charge is -2.11. The Labute approximate surface area is 207 Å². The molecule has 0 fully saturated rings. The Morgan fingerprint density at radius 3 is 2.69 bits per heavy atom. The molecular formula is C27H24N8O. The first-order chi connectivity index (χ1) is 17.7. The first-order valence-electron chi connectivity index (χ1n) is 11.6. The van der Waals surface area contributed by atoms with Crippen molar-refractivity contribution in [3.8, 4) is 39.7 Å². The van der Waals surface area contributed by atoms with E-state index in [-0.39, 0.29) is 0 Å². The van der Waals surface area contributed by atoms with Gasteiger partial charge in [0.15, 0.2) is 5.82 Å². The Morgan fingerprint density at radius 1 is 0.917 bits per heavy atom. The van der Waals surface area contributed by atoms with Crippen LogP contribution in [0.4, 0.5) is 0 Å². The van der Waals surface area contributed by atoms with Gasteiger partial charge in [0.1, 0.15) is 18.1 Å². The highest BCUT2D eigenvalue weighted by Gasteiger charge is 2.16. The number of hydrogen-bond acceptors (Lipinski definition) is 7. The van der Waals surface area contributed by atoms with Gasteiger partial charge in [0.05, 0.1) is 34.6 Å². The van der Waals surface area contributed by atoms with E-state index < -0.39 is 0 Å². The number of nitrogens with zero attached hydrogens (tertiary/aromatic N) is 6. The van der Waals surface area contributed by atoms with Gasteiger partial charge < -0.3 is 14.6 Å². The molecule has 0 aliphatic rings. The standard InChI is InChI=1S/C27H24N8O/c1-35(2)9-10-36-19-11-18(14-29-15-19)23-12-21-24(16-30-23)33-34-26(21)27-31-22-7-3-6-20(25(22)32-27)17-5-4-8-28-13-17/h3-8,11-16H,9-10H2,1-2H3,(H,31,32)(H,33,34). The zero-order chi connectivity index (χ0) is 24.5. The van der Waals surface area contributed by atoms with Gasteiger partial charge in [-0.25, -0.2) is 4.98 Å². The van der Waals surface area contributed by atoms with Gasteiger partial charge in [0.25, 0.3) is 0 Å². The normalized spacial score (nSPS) is 11.5. The molecule has 9 heteroatoms. The van der Waals surface area contributed by atoms with E-state index in [0.29, 0.717) is 18.2 Å². The number of nitrogens with one attached hydrogen (secondary N) is 2. The molecular weight excluding hydrogens is 452 g/mol. The van der Waals surface area contributed by atoms with Crippen LogP contribution in [-0.4, -0.2) is 67.3 Å². The van der Waals surface area contributed by atoms with Crippen LogP contribution in [0, 0.1) is 0 Å². The minimum absolute atomic E-state index is 0.587. The highest BCUT2D eigenvalue weighted by Crippen LogP contribution is 2.32. The van der Waals surface area contributed by atoms with Gasteiger partial charge in [0, 0.05) is 47.2 Å². The maximum atomic E-state index is 5.86. The van der Waals surface area contributed by atoms with Gasteiger partial charge >= 0.3 is 0 Å². The summed E-state index contributed by atoms with van der Waals surface area (Å²) >= 11 is 0. The van der Waals surface area contributed by atoms with Crippen LogP contribution >= 0.6 is 0 Å². The van der Waals surface area contributed by atoms with Crippen molar-refractivity contribution in [2.75, 3.05) is 27.2 Å². The molecule has 5 aromatic heterocycles. The van der Waals surface area contributed by atoms with E-state index in [1.807, 2.05) is 56.7 Å². The van der Waals surface area contributed by atoms with Gasteiger partial charge in [-0.2, -0.15) is 5.10 Å². The lowest BCUT2D eigenvalue weighted by Crippen LogP contribution is -2.19. The molecule has 0 saturated heterocycles. The van der Waals surface area contributed by atoms with E-state index in [0.717, 1.165) is 56.6 Å². The number of imidazole rings is 1. The molecule has 0 saturated carbocycles. The number of ether oxygens (including phenoxy) is 1. The molecule has 6 aromatic rings. The van der Waals surface area contributed by atoms with Crippen molar-refractivity contribution < 1.29 is 4.74 Å². The number of H-pyrrole nitrogens is 2. The average molecular weight is 477 g/mol. The largest absolute Gasteiger partial charge is 0.491 e. The van der Waals surface area contributed by atoms with Crippen LogP contribution < -0.4 is 4.74 Å². The number of aromatic nitrogens is 7. The van der Waals surface area contributed by atoms with Crippen molar-refractivity contribution in [1.29, 1.82) is 0 Å². The Balaban J connectivity index is 1.38. The first kappa shape index (κ1) is 21.9. The Morgan fingerprint density at radius 2 is 1.83 bits per heavy atom. The molecule has 178 valence electrons. The fourth-order valence-corrected chi connectivity index (χ4v) is 4.14. The second kappa shape index (κ2) is 9.20. The monoisotopic (exact) mass is 476 g/mol. The highest BCUT2D eigenvalue weighted by atomic mass is 16.5. The Hall–Kier alpha value is -4.63. The third kappa shape index (κ3) is 4.16. The van der Waals surface area contributed by atoms with Crippen LogP contribution in [0.5, 0.6) is 5.75 Å². The fraction of sp³-hybridized carbons (Fsp3) is 0.148. The fourth-order valence-electron chi connectivity index (χ4n) is 4.14. The predicted octanol–water partition coefficient (Wildman–Crippen LogP) is 4.57. The summed E-state index contributed by atoms with van der Waals surface area (Å²) in [4.78, 5) is 23.7. The Kier molecular flexibility index (Phi) is 5.59. The summed E-state index contributed by atoms with van der Waals surface area (Å²) in [6.07, 6.45) is 8.90. The van der Waals surface area contributed by atoms with Gasteiger partial charge in [-0.15, -0.1) is 0 Å². The van der Waals surface area contributed by atoms with Crippen LogP contribution in [0.15, 0.2) is 73.4 Å². The number of aromatic amines is 2. The minimum atomic E-state index is 0.587. The number of fused-ring (bicyclic) bond motifs is 2. The van der Waals surface area contributed by atoms with Gasteiger partial charge in [0.2, 0.25) is 0 Å². The molecule has 0 amide bonds. The number of likely N-dealkylation sites (N-methyl/N-ethyl adjacent to an activating group) is 1. The molecule has 1 aromatic carbocycles. The number of pyridine rings is 3. The smallest absolute Gasteiger partial charge is 0.159 e. The predicted molar refractivity (Wildman–Crippen MR) is 139 cm³/mol. The summed E-state index contributed by atoms with van der Waals surface area (Å²) in [6.45, 7) is 1.41. The maximum Gasteiger partial charge on any atom is 0.159 e. The molecule has 0 radical (unpaired) electrons.